The molecular weight excluding hydrogens is 318 g/mol. The summed E-state index contributed by atoms with van der Waals surface area (Å²) in [4.78, 5) is 12.3. The van der Waals surface area contributed by atoms with Crippen LogP contribution in [-0.4, -0.2) is 13.0 Å². The van der Waals surface area contributed by atoms with Gasteiger partial charge in [0.05, 0.1) is 7.11 Å². The van der Waals surface area contributed by atoms with Gasteiger partial charge in [0.15, 0.2) is 0 Å². The second-order valence-corrected chi connectivity index (χ2v) is 6.31. The summed E-state index contributed by atoms with van der Waals surface area (Å²) in [5.74, 6) is 0.760. The third kappa shape index (κ3) is 2.51. The molecule has 0 atom stereocenters. The Morgan fingerprint density at radius 3 is 2.75 bits per heavy atom. The van der Waals surface area contributed by atoms with Crippen molar-refractivity contribution in [1.82, 2.24) is 0 Å². The topological polar surface area (TPSA) is 38.3 Å². The first-order valence-electron chi connectivity index (χ1n) is 7.59. The zero-order valence-electron chi connectivity index (χ0n) is 13.1. The number of fused-ring (bicyclic) bond motifs is 1. The van der Waals surface area contributed by atoms with Crippen molar-refractivity contribution in [2.45, 2.75) is 0 Å². The van der Waals surface area contributed by atoms with Crippen LogP contribution in [0.25, 0.3) is 22.8 Å². The number of carbonyl (C=O) groups is 1. The van der Waals surface area contributed by atoms with Gasteiger partial charge in [0.2, 0.25) is 0 Å². The standard InChI is InChI=1S/C20H15NO2S/c1-23-19-7-6-13(10-16(19)14-8-9-24-12-14)11-17-15-4-2-3-5-18(15)21-20(17)22/h2-12H,1H3,(H,21,22)/b17-11+. The van der Waals surface area contributed by atoms with Gasteiger partial charge in [0, 0.05) is 22.4 Å². The molecule has 0 aliphatic carbocycles. The van der Waals surface area contributed by atoms with Gasteiger partial charge in [-0.3, -0.25) is 4.79 Å². The van der Waals surface area contributed by atoms with Gasteiger partial charge in [0.25, 0.3) is 5.91 Å². The first kappa shape index (κ1) is 14.7. The second-order valence-electron chi connectivity index (χ2n) is 5.53. The molecule has 0 radical (unpaired) electrons. The molecule has 0 fully saturated rings. The number of hydrogen-bond acceptors (Lipinski definition) is 3. The number of carbonyl (C=O) groups excluding carboxylic acids is 1. The fourth-order valence-corrected chi connectivity index (χ4v) is 3.56. The Morgan fingerprint density at radius 2 is 1.96 bits per heavy atom. The lowest BCUT2D eigenvalue weighted by Crippen LogP contribution is -2.03. The van der Waals surface area contributed by atoms with E-state index in [4.69, 9.17) is 4.74 Å². The van der Waals surface area contributed by atoms with Crippen LogP contribution in [0.1, 0.15) is 11.1 Å². The molecule has 4 rings (SSSR count). The highest BCUT2D eigenvalue weighted by atomic mass is 32.1. The van der Waals surface area contributed by atoms with E-state index in [0.717, 1.165) is 33.7 Å². The number of anilines is 1. The van der Waals surface area contributed by atoms with Crippen LogP contribution in [0.5, 0.6) is 5.75 Å². The molecule has 0 spiro atoms. The number of rotatable bonds is 3. The van der Waals surface area contributed by atoms with Crippen LogP contribution >= 0.6 is 11.3 Å². The van der Waals surface area contributed by atoms with Gasteiger partial charge in [-0.1, -0.05) is 24.3 Å². The molecule has 0 saturated carbocycles. The zero-order chi connectivity index (χ0) is 16.5. The maximum atomic E-state index is 12.3. The van der Waals surface area contributed by atoms with Crippen molar-refractivity contribution in [3.8, 4) is 16.9 Å². The highest BCUT2D eigenvalue weighted by Gasteiger charge is 2.23. The molecule has 1 aliphatic rings. The summed E-state index contributed by atoms with van der Waals surface area (Å²) in [5.41, 5.74) is 5.61. The molecule has 1 N–H and O–H groups in total. The smallest absolute Gasteiger partial charge is 0.256 e. The summed E-state index contributed by atoms with van der Waals surface area (Å²) < 4.78 is 5.48. The lowest BCUT2D eigenvalue weighted by Gasteiger charge is -2.08. The molecule has 0 unspecified atom stereocenters. The predicted octanol–water partition coefficient (Wildman–Crippen LogP) is 4.92. The minimum absolute atomic E-state index is 0.0656. The average molecular weight is 333 g/mol. The molecule has 24 heavy (non-hydrogen) atoms. The second kappa shape index (κ2) is 5.98. The van der Waals surface area contributed by atoms with E-state index < -0.39 is 0 Å². The van der Waals surface area contributed by atoms with E-state index in [0.29, 0.717) is 5.57 Å². The minimum Gasteiger partial charge on any atom is -0.496 e. The van der Waals surface area contributed by atoms with Crippen LogP contribution in [-0.2, 0) is 4.79 Å². The van der Waals surface area contributed by atoms with Crippen LogP contribution in [0.2, 0.25) is 0 Å². The summed E-state index contributed by atoms with van der Waals surface area (Å²) in [5, 5.41) is 7.03. The van der Waals surface area contributed by atoms with Crippen molar-refractivity contribution in [3.63, 3.8) is 0 Å². The number of benzene rings is 2. The fraction of sp³-hybridized carbons (Fsp3) is 0.0500. The summed E-state index contributed by atoms with van der Waals surface area (Å²) in [6, 6.07) is 15.8. The third-order valence-corrected chi connectivity index (χ3v) is 4.76. The number of amides is 1. The van der Waals surface area contributed by atoms with Crippen LogP contribution in [0.3, 0.4) is 0 Å². The molecule has 2 heterocycles. The number of thiophene rings is 1. The Kier molecular flexibility index (Phi) is 3.67. The molecule has 1 aromatic heterocycles. The Hall–Kier alpha value is -2.85. The first-order chi connectivity index (χ1) is 11.8. The first-order valence-corrected chi connectivity index (χ1v) is 8.53. The van der Waals surface area contributed by atoms with E-state index in [-0.39, 0.29) is 5.91 Å². The monoisotopic (exact) mass is 333 g/mol. The fourth-order valence-electron chi connectivity index (χ4n) is 2.91. The van der Waals surface area contributed by atoms with Crippen LogP contribution in [0.4, 0.5) is 5.69 Å². The maximum Gasteiger partial charge on any atom is 0.256 e. The summed E-state index contributed by atoms with van der Waals surface area (Å²) in [6.07, 6.45) is 1.93. The van der Waals surface area contributed by atoms with Gasteiger partial charge >= 0.3 is 0 Å². The Balaban J connectivity index is 1.81. The lowest BCUT2D eigenvalue weighted by atomic mass is 10.0. The summed E-state index contributed by atoms with van der Waals surface area (Å²) >= 11 is 1.65. The van der Waals surface area contributed by atoms with Gasteiger partial charge < -0.3 is 10.1 Å². The third-order valence-electron chi connectivity index (χ3n) is 4.08. The summed E-state index contributed by atoms with van der Waals surface area (Å²) in [7, 11) is 1.67. The van der Waals surface area contributed by atoms with Crippen molar-refractivity contribution in [3.05, 3.63) is 70.4 Å². The molecular formula is C20H15NO2S. The molecule has 0 bridgehead atoms. The Morgan fingerprint density at radius 1 is 1.08 bits per heavy atom. The zero-order valence-corrected chi connectivity index (χ0v) is 13.9. The molecule has 3 aromatic rings. The molecule has 4 heteroatoms. The van der Waals surface area contributed by atoms with Gasteiger partial charge in [-0.15, -0.1) is 0 Å². The van der Waals surface area contributed by atoms with Crippen molar-refractivity contribution in [1.29, 1.82) is 0 Å². The average Bonchev–Trinajstić information content (AvgIpc) is 3.24. The lowest BCUT2D eigenvalue weighted by molar-refractivity contribution is -0.110. The van der Waals surface area contributed by atoms with Crippen LogP contribution in [0, 0.1) is 0 Å². The SMILES string of the molecule is COc1ccc(/C=C2/C(=O)Nc3ccccc32)cc1-c1ccsc1. The number of hydrogen-bond donors (Lipinski definition) is 1. The molecule has 118 valence electrons. The van der Waals surface area contributed by atoms with Gasteiger partial charge in [0.1, 0.15) is 5.75 Å². The van der Waals surface area contributed by atoms with E-state index in [1.165, 1.54) is 0 Å². The predicted molar refractivity (Wildman–Crippen MR) is 99.2 cm³/mol. The Labute approximate surface area is 144 Å². The van der Waals surface area contributed by atoms with E-state index >= 15 is 0 Å². The normalized spacial score (nSPS) is 14.5. The Bertz CT molecular complexity index is 942. The number of para-hydroxylation sites is 1. The van der Waals surface area contributed by atoms with Crippen LogP contribution in [0.15, 0.2) is 59.3 Å². The number of nitrogens with one attached hydrogen (secondary N) is 1. The van der Waals surface area contributed by atoms with Crippen molar-refractivity contribution >= 4 is 34.6 Å². The molecule has 1 amide bonds. The van der Waals surface area contributed by atoms with Crippen molar-refractivity contribution in [2.75, 3.05) is 12.4 Å². The minimum atomic E-state index is -0.0656. The molecule has 2 aromatic carbocycles. The maximum absolute atomic E-state index is 12.3. The molecule has 1 aliphatic heterocycles. The van der Waals surface area contributed by atoms with Gasteiger partial charge in [-0.05, 0) is 52.2 Å². The van der Waals surface area contributed by atoms with Crippen LogP contribution < -0.4 is 10.1 Å². The van der Waals surface area contributed by atoms with Crippen molar-refractivity contribution in [2.24, 2.45) is 0 Å². The molecule has 0 saturated heterocycles. The number of ether oxygens (including phenoxy) is 1. The van der Waals surface area contributed by atoms with Gasteiger partial charge in [-0.2, -0.15) is 11.3 Å². The highest BCUT2D eigenvalue weighted by Crippen LogP contribution is 2.36. The van der Waals surface area contributed by atoms with Gasteiger partial charge in [-0.25, -0.2) is 0 Å². The summed E-state index contributed by atoms with van der Waals surface area (Å²) in [6.45, 7) is 0. The van der Waals surface area contributed by atoms with E-state index in [1.54, 1.807) is 18.4 Å². The molecule has 3 nitrogen and oxygen atoms in total. The van der Waals surface area contributed by atoms with E-state index in [1.807, 2.05) is 47.9 Å². The van der Waals surface area contributed by atoms with E-state index in [9.17, 15) is 4.79 Å². The largest absolute Gasteiger partial charge is 0.496 e. The van der Waals surface area contributed by atoms with E-state index in [2.05, 4.69) is 22.8 Å². The number of methoxy groups -OCH3 is 1. The highest BCUT2D eigenvalue weighted by molar-refractivity contribution is 7.08. The van der Waals surface area contributed by atoms with Crippen molar-refractivity contribution < 1.29 is 9.53 Å². The quantitative estimate of drug-likeness (QED) is 0.691.